The summed E-state index contributed by atoms with van der Waals surface area (Å²) in [5.41, 5.74) is 0.309. The molecule has 1 amide bonds. The molecule has 0 aromatic heterocycles. The minimum absolute atomic E-state index is 0.0926. The highest BCUT2D eigenvalue weighted by Crippen LogP contribution is 2.24. The Labute approximate surface area is 110 Å². The van der Waals surface area contributed by atoms with Crippen molar-refractivity contribution in [3.05, 3.63) is 28.8 Å². The molecule has 0 aliphatic carbocycles. The van der Waals surface area contributed by atoms with E-state index in [0.29, 0.717) is 12.1 Å². The van der Waals surface area contributed by atoms with Crippen LogP contribution in [-0.2, 0) is 9.53 Å². The lowest BCUT2D eigenvalue weighted by Crippen LogP contribution is -2.36. The number of esters is 1. The van der Waals surface area contributed by atoms with Crippen LogP contribution in [-0.4, -0.2) is 42.1 Å². The number of benzene rings is 1. The second kappa shape index (κ2) is 6.26. The Morgan fingerprint density at radius 2 is 2.11 bits per heavy atom. The predicted molar refractivity (Wildman–Crippen MR) is 66.7 cm³/mol. The molecule has 1 aromatic rings. The van der Waals surface area contributed by atoms with E-state index < -0.39 is 5.97 Å². The van der Waals surface area contributed by atoms with E-state index in [1.54, 1.807) is 6.92 Å². The van der Waals surface area contributed by atoms with Crippen LogP contribution >= 0.6 is 11.6 Å². The van der Waals surface area contributed by atoms with E-state index in [1.807, 2.05) is 0 Å². The van der Waals surface area contributed by atoms with Gasteiger partial charge in [0, 0.05) is 12.1 Å². The van der Waals surface area contributed by atoms with Crippen LogP contribution in [0.2, 0.25) is 5.02 Å². The number of methoxy groups -OCH3 is 1. The molecule has 0 bridgehead atoms. The summed E-state index contributed by atoms with van der Waals surface area (Å²) in [6, 6.07) is 4.14. The molecule has 0 spiro atoms. The van der Waals surface area contributed by atoms with E-state index in [9.17, 15) is 14.7 Å². The van der Waals surface area contributed by atoms with E-state index in [4.69, 9.17) is 11.6 Å². The molecule has 1 rings (SSSR count). The Kier molecular flexibility index (Phi) is 4.97. The molecule has 98 valence electrons. The molecule has 0 fully saturated rings. The van der Waals surface area contributed by atoms with Crippen molar-refractivity contribution in [3.8, 4) is 5.75 Å². The average molecular weight is 272 g/mol. The van der Waals surface area contributed by atoms with Gasteiger partial charge < -0.3 is 14.7 Å². The summed E-state index contributed by atoms with van der Waals surface area (Å²) in [5.74, 6) is -0.927. The number of hydrogen-bond acceptors (Lipinski definition) is 4. The van der Waals surface area contributed by atoms with Crippen LogP contribution in [0.15, 0.2) is 18.2 Å². The van der Waals surface area contributed by atoms with Crippen molar-refractivity contribution in [3.63, 3.8) is 0 Å². The molecule has 6 heteroatoms. The van der Waals surface area contributed by atoms with Crippen molar-refractivity contribution in [2.45, 2.75) is 6.92 Å². The highest BCUT2D eigenvalue weighted by molar-refractivity contribution is 6.32. The van der Waals surface area contributed by atoms with Crippen LogP contribution in [0, 0.1) is 0 Å². The molecular weight excluding hydrogens is 258 g/mol. The number of carbonyl (C=O) groups is 2. The fourth-order valence-electron chi connectivity index (χ4n) is 1.37. The number of halogens is 1. The van der Waals surface area contributed by atoms with Gasteiger partial charge >= 0.3 is 5.97 Å². The van der Waals surface area contributed by atoms with Crippen LogP contribution in [0.3, 0.4) is 0 Å². The van der Waals surface area contributed by atoms with E-state index in [2.05, 4.69) is 4.74 Å². The van der Waals surface area contributed by atoms with E-state index in [1.165, 1.54) is 30.2 Å². The number of hydrogen-bond donors (Lipinski definition) is 1. The molecule has 0 unspecified atom stereocenters. The summed E-state index contributed by atoms with van der Waals surface area (Å²) < 4.78 is 4.51. The standard InChI is InChI=1S/C12H14ClNO4/c1-3-14(7-11(16)18-2)12(17)8-4-5-10(15)9(13)6-8/h4-6,15H,3,7H2,1-2H3. The number of phenolic OH excluding ortho intramolecular Hbond substituents is 1. The van der Waals surface area contributed by atoms with Crippen molar-refractivity contribution in [2.24, 2.45) is 0 Å². The first-order valence-electron chi connectivity index (χ1n) is 5.34. The number of aromatic hydroxyl groups is 1. The number of phenols is 1. The lowest BCUT2D eigenvalue weighted by Gasteiger charge is -2.19. The fourth-order valence-corrected chi connectivity index (χ4v) is 1.55. The van der Waals surface area contributed by atoms with Crippen molar-refractivity contribution in [2.75, 3.05) is 20.2 Å². The molecule has 0 saturated carbocycles. The topological polar surface area (TPSA) is 66.8 Å². The van der Waals surface area contributed by atoms with E-state index in [-0.39, 0.29) is 23.2 Å². The average Bonchev–Trinajstić information content (AvgIpc) is 2.38. The predicted octanol–water partition coefficient (Wildman–Crippen LogP) is 1.68. The van der Waals surface area contributed by atoms with Crippen molar-refractivity contribution in [1.29, 1.82) is 0 Å². The number of rotatable bonds is 4. The van der Waals surface area contributed by atoms with Crippen LogP contribution in [0.5, 0.6) is 5.75 Å². The zero-order valence-electron chi connectivity index (χ0n) is 10.1. The first-order valence-corrected chi connectivity index (χ1v) is 5.72. The molecule has 0 heterocycles. The van der Waals surface area contributed by atoms with Gasteiger partial charge in [0.2, 0.25) is 0 Å². The molecule has 5 nitrogen and oxygen atoms in total. The first kappa shape index (κ1) is 14.3. The molecule has 0 radical (unpaired) electrons. The molecule has 18 heavy (non-hydrogen) atoms. The third-order valence-corrected chi connectivity index (χ3v) is 2.71. The van der Waals surface area contributed by atoms with Crippen LogP contribution in [0.25, 0.3) is 0 Å². The monoisotopic (exact) mass is 271 g/mol. The fraction of sp³-hybridized carbons (Fsp3) is 0.333. The Morgan fingerprint density at radius 3 is 2.61 bits per heavy atom. The van der Waals surface area contributed by atoms with Crippen molar-refractivity contribution in [1.82, 2.24) is 4.90 Å². The van der Waals surface area contributed by atoms with Gasteiger partial charge in [0.05, 0.1) is 12.1 Å². The molecule has 1 aromatic carbocycles. The normalized spacial score (nSPS) is 9.94. The van der Waals surface area contributed by atoms with Gasteiger partial charge in [0.25, 0.3) is 5.91 Å². The number of ether oxygens (including phenoxy) is 1. The second-order valence-electron chi connectivity index (χ2n) is 3.56. The number of likely N-dealkylation sites (N-methyl/N-ethyl adjacent to an activating group) is 1. The third kappa shape index (κ3) is 3.37. The molecule has 1 N–H and O–H groups in total. The lowest BCUT2D eigenvalue weighted by atomic mass is 10.2. The van der Waals surface area contributed by atoms with Gasteiger partial charge in [-0.2, -0.15) is 0 Å². The molecule has 0 atom stereocenters. The van der Waals surface area contributed by atoms with Crippen LogP contribution in [0.4, 0.5) is 0 Å². The summed E-state index contributed by atoms with van der Waals surface area (Å²) in [4.78, 5) is 24.6. The highest BCUT2D eigenvalue weighted by atomic mass is 35.5. The van der Waals surface area contributed by atoms with E-state index in [0.717, 1.165) is 0 Å². The first-order chi connectivity index (χ1) is 8.49. The zero-order valence-corrected chi connectivity index (χ0v) is 10.9. The summed E-state index contributed by atoms with van der Waals surface area (Å²) in [6.45, 7) is 2.00. The Hall–Kier alpha value is -1.75. The summed E-state index contributed by atoms with van der Waals surface area (Å²) in [7, 11) is 1.26. The molecule has 0 aliphatic heterocycles. The maximum absolute atomic E-state index is 12.1. The summed E-state index contributed by atoms with van der Waals surface area (Å²) >= 11 is 5.73. The largest absolute Gasteiger partial charge is 0.506 e. The third-order valence-electron chi connectivity index (χ3n) is 2.41. The van der Waals surface area contributed by atoms with Gasteiger partial charge in [-0.15, -0.1) is 0 Å². The number of carbonyl (C=O) groups excluding carboxylic acids is 2. The Morgan fingerprint density at radius 1 is 1.44 bits per heavy atom. The second-order valence-corrected chi connectivity index (χ2v) is 3.97. The minimum atomic E-state index is -0.491. The molecule has 0 saturated heterocycles. The van der Waals surface area contributed by atoms with Gasteiger partial charge in [0.15, 0.2) is 0 Å². The molecule has 0 aliphatic rings. The summed E-state index contributed by atoms with van der Waals surface area (Å²) in [6.07, 6.45) is 0. The SMILES string of the molecule is CCN(CC(=O)OC)C(=O)c1ccc(O)c(Cl)c1. The van der Waals surface area contributed by atoms with Gasteiger partial charge in [-0.25, -0.2) is 0 Å². The lowest BCUT2D eigenvalue weighted by molar-refractivity contribution is -0.141. The Balaban J connectivity index is 2.89. The smallest absolute Gasteiger partial charge is 0.325 e. The van der Waals surface area contributed by atoms with Crippen LogP contribution < -0.4 is 0 Å². The van der Waals surface area contributed by atoms with Gasteiger partial charge in [0.1, 0.15) is 12.3 Å². The van der Waals surface area contributed by atoms with Gasteiger partial charge in [-0.05, 0) is 25.1 Å². The minimum Gasteiger partial charge on any atom is -0.506 e. The number of nitrogens with zero attached hydrogens (tertiary/aromatic N) is 1. The number of amides is 1. The quantitative estimate of drug-likeness (QED) is 0.846. The summed E-state index contributed by atoms with van der Waals surface area (Å²) in [5, 5.41) is 9.37. The maximum atomic E-state index is 12.1. The van der Waals surface area contributed by atoms with Gasteiger partial charge in [-0.3, -0.25) is 9.59 Å². The molecular formula is C12H14ClNO4. The van der Waals surface area contributed by atoms with Gasteiger partial charge in [-0.1, -0.05) is 11.6 Å². The zero-order chi connectivity index (χ0) is 13.7. The van der Waals surface area contributed by atoms with E-state index >= 15 is 0 Å². The highest BCUT2D eigenvalue weighted by Gasteiger charge is 2.18. The Bertz CT molecular complexity index is 461. The van der Waals surface area contributed by atoms with Crippen molar-refractivity contribution >= 4 is 23.5 Å². The maximum Gasteiger partial charge on any atom is 0.325 e. The van der Waals surface area contributed by atoms with Crippen LogP contribution in [0.1, 0.15) is 17.3 Å². The van der Waals surface area contributed by atoms with Crippen molar-refractivity contribution < 1.29 is 19.4 Å².